The molecular weight excluding hydrogens is 467 g/mol. The number of carbonyl (C=O) groups excluding carboxylic acids is 1. The molecule has 2 aromatic heterocycles. The number of benzene rings is 1. The number of hydrogen-bond acceptors (Lipinski definition) is 8. The third-order valence-electron chi connectivity index (χ3n) is 5.91. The molecule has 1 aliphatic rings. The van der Waals surface area contributed by atoms with Crippen LogP contribution in [0.25, 0.3) is 22.2 Å². The Kier molecular flexibility index (Phi) is 8.97. The summed E-state index contributed by atoms with van der Waals surface area (Å²) in [5, 5.41) is 15.3. The number of rotatable bonds is 9. The van der Waals surface area contributed by atoms with Crippen LogP contribution in [0.15, 0.2) is 36.7 Å². The molecule has 0 aliphatic heterocycles. The summed E-state index contributed by atoms with van der Waals surface area (Å²) in [5.74, 6) is -0.122. The number of nitrogens with zero attached hydrogens (tertiary/aromatic N) is 2. The fourth-order valence-electron chi connectivity index (χ4n) is 4.21. The van der Waals surface area contributed by atoms with Gasteiger partial charge >= 0.3 is 29.6 Å². The first-order valence-corrected chi connectivity index (χ1v) is 13.1. The molecule has 1 saturated carbocycles. The molecule has 0 amide bonds. The Morgan fingerprint density at radius 3 is 2.71 bits per heavy atom. The van der Waals surface area contributed by atoms with Crippen molar-refractivity contribution in [2.45, 2.75) is 38.1 Å². The summed E-state index contributed by atoms with van der Waals surface area (Å²) in [5.41, 5.74) is 2.46. The van der Waals surface area contributed by atoms with Crippen molar-refractivity contribution in [3.8, 4) is 17.0 Å². The summed E-state index contributed by atoms with van der Waals surface area (Å²) in [4.78, 5) is 23.3. The average Bonchev–Trinajstić information content (AvgIpc) is 3.22. The van der Waals surface area contributed by atoms with Crippen LogP contribution in [0.4, 0.5) is 5.95 Å². The minimum atomic E-state index is -3.03. The van der Waals surface area contributed by atoms with Crippen molar-refractivity contribution in [1.82, 2.24) is 15.0 Å². The standard InChI is InChI=1S/C23H28N4O5S.Na/c1-33(30,31)13-3-12-32-20-5-2-4-19-21(20)17(14-25-19)18-10-11-24-23(27-18)26-16-8-6-15(7-9-16)22(28)29;/h2,4-5,10-11,14-16,25H,3,6-9,12-13H2,1H3,(H,28,29)(H,24,26,27);/q;+1/p-1. The average molecular weight is 495 g/mol. The Morgan fingerprint density at radius 2 is 2.00 bits per heavy atom. The molecule has 0 spiro atoms. The van der Waals surface area contributed by atoms with E-state index in [1.165, 1.54) is 6.26 Å². The van der Waals surface area contributed by atoms with Crippen molar-refractivity contribution >= 4 is 32.7 Å². The van der Waals surface area contributed by atoms with E-state index in [0.29, 0.717) is 43.3 Å². The zero-order valence-electron chi connectivity index (χ0n) is 19.4. The number of aromatic nitrogens is 3. The van der Waals surface area contributed by atoms with Gasteiger partial charge in [-0.2, -0.15) is 0 Å². The summed E-state index contributed by atoms with van der Waals surface area (Å²) >= 11 is 0. The normalized spacial score (nSPS) is 18.3. The molecule has 1 aliphatic carbocycles. The van der Waals surface area contributed by atoms with Gasteiger partial charge in [-0.05, 0) is 56.2 Å². The number of sulfone groups is 1. The predicted molar refractivity (Wildman–Crippen MR) is 124 cm³/mol. The molecule has 4 rings (SSSR count). The Balaban J connectivity index is 0.00000324. The minimum Gasteiger partial charge on any atom is -0.550 e. The third kappa shape index (κ3) is 6.71. The van der Waals surface area contributed by atoms with Gasteiger partial charge in [-0.25, -0.2) is 18.4 Å². The number of aromatic amines is 1. The number of nitrogens with one attached hydrogen (secondary N) is 2. The number of anilines is 1. The molecular formula is C23H27N4NaO5S. The maximum Gasteiger partial charge on any atom is 1.00 e. The number of carboxylic acids is 1. The number of aliphatic carboxylic acids is 1. The van der Waals surface area contributed by atoms with Crippen LogP contribution in [-0.4, -0.2) is 54.0 Å². The van der Waals surface area contributed by atoms with Gasteiger partial charge in [0.25, 0.3) is 0 Å². The summed E-state index contributed by atoms with van der Waals surface area (Å²) < 4.78 is 28.6. The van der Waals surface area contributed by atoms with Crippen molar-refractivity contribution in [1.29, 1.82) is 0 Å². The molecule has 0 atom stereocenters. The van der Waals surface area contributed by atoms with Crippen LogP contribution in [0.3, 0.4) is 0 Å². The topological polar surface area (TPSA) is 137 Å². The number of ether oxygens (including phenoxy) is 1. The Bertz CT molecular complexity index is 1240. The molecule has 0 unspecified atom stereocenters. The van der Waals surface area contributed by atoms with E-state index < -0.39 is 15.8 Å². The van der Waals surface area contributed by atoms with Gasteiger partial charge < -0.3 is 24.9 Å². The van der Waals surface area contributed by atoms with Crippen molar-refractivity contribution in [3.63, 3.8) is 0 Å². The fraction of sp³-hybridized carbons (Fsp3) is 0.435. The van der Waals surface area contributed by atoms with Gasteiger partial charge in [0.2, 0.25) is 5.95 Å². The predicted octanol–water partition coefficient (Wildman–Crippen LogP) is -0.837. The quantitative estimate of drug-likeness (QED) is 0.290. The van der Waals surface area contributed by atoms with Crippen molar-refractivity contribution in [2.75, 3.05) is 23.9 Å². The van der Waals surface area contributed by atoms with E-state index in [1.54, 1.807) is 6.20 Å². The smallest absolute Gasteiger partial charge is 0.550 e. The molecule has 1 fully saturated rings. The molecule has 0 radical (unpaired) electrons. The first kappa shape index (κ1) is 26.5. The molecule has 9 nitrogen and oxygen atoms in total. The zero-order chi connectivity index (χ0) is 23.4. The molecule has 2 N–H and O–H groups in total. The second-order valence-corrected chi connectivity index (χ2v) is 10.8. The Hall–Kier alpha value is -2.14. The first-order valence-electron chi connectivity index (χ1n) is 11.0. The summed E-state index contributed by atoms with van der Waals surface area (Å²) in [6.07, 6.45) is 7.81. The van der Waals surface area contributed by atoms with Gasteiger partial charge in [-0.3, -0.25) is 0 Å². The molecule has 3 aromatic rings. The maximum absolute atomic E-state index is 11.4. The number of fused-ring (bicyclic) bond motifs is 1. The van der Waals surface area contributed by atoms with Gasteiger partial charge in [0, 0.05) is 41.7 Å². The Labute approximate surface area is 220 Å². The molecule has 34 heavy (non-hydrogen) atoms. The monoisotopic (exact) mass is 494 g/mol. The van der Waals surface area contributed by atoms with Crippen LogP contribution in [0, 0.1) is 5.92 Å². The number of carboxylic acid groups (broad SMARTS) is 1. The second-order valence-electron chi connectivity index (χ2n) is 8.49. The largest absolute Gasteiger partial charge is 1.00 e. The van der Waals surface area contributed by atoms with Crippen molar-refractivity contribution < 1.29 is 52.6 Å². The second kappa shape index (κ2) is 11.5. The third-order valence-corrected chi connectivity index (χ3v) is 6.94. The van der Waals surface area contributed by atoms with Gasteiger partial charge in [-0.1, -0.05) is 6.07 Å². The Morgan fingerprint density at radius 1 is 1.24 bits per heavy atom. The van der Waals surface area contributed by atoms with E-state index in [0.717, 1.165) is 29.3 Å². The van der Waals surface area contributed by atoms with E-state index in [-0.39, 0.29) is 47.3 Å². The van der Waals surface area contributed by atoms with Crippen LogP contribution in [0.1, 0.15) is 32.1 Å². The maximum atomic E-state index is 11.4. The van der Waals surface area contributed by atoms with E-state index in [1.807, 2.05) is 30.5 Å². The van der Waals surface area contributed by atoms with E-state index in [4.69, 9.17) is 4.74 Å². The summed E-state index contributed by atoms with van der Waals surface area (Å²) in [6.45, 7) is 0.294. The van der Waals surface area contributed by atoms with E-state index in [2.05, 4.69) is 20.3 Å². The van der Waals surface area contributed by atoms with E-state index in [9.17, 15) is 18.3 Å². The molecule has 11 heteroatoms. The zero-order valence-corrected chi connectivity index (χ0v) is 22.2. The molecule has 0 saturated heterocycles. The summed E-state index contributed by atoms with van der Waals surface area (Å²) in [7, 11) is -3.03. The van der Waals surface area contributed by atoms with Crippen LogP contribution >= 0.6 is 0 Å². The molecule has 2 heterocycles. The van der Waals surface area contributed by atoms with Crippen molar-refractivity contribution in [2.24, 2.45) is 5.92 Å². The number of carbonyl (C=O) groups is 1. The van der Waals surface area contributed by atoms with Gasteiger partial charge in [-0.15, -0.1) is 0 Å². The molecule has 1 aromatic carbocycles. The fourth-order valence-corrected chi connectivity index (χ4v) is 4.85. The van der Waals surface area contributed by atoms with Crippen LogP contribution in [0.2, 0.25) is 0 Å². The van der Waals surface area contributed by atoms with Gasteiger partial charge in [0.1, 0.15) is 15.6 Å². The number of H-pyrrole nitrogens is 1. The molecule has 176 valence electrons. The van der Waals surface area contributed by atoms with Crippen LogP contribution in [0.5, 0.6) is 5.75 Å². The summed E-state index contributed by atoms with van der Waals surface area (Å²) in [6, 6.07) is 7.62. The van der Waals surface area contributed by atoms with Crippen LogP contribution < -0.4 is 44.7 Å². The van der Waals surface area contributed by atoms with Gasteiger partial charge in [0.15, 0.2) is 0 Å². The minimum absolute atomic E-state index is 0. The molecule has 0 bridgehead atoms. The van der Waals surface area contributed by atoms with Gasteiger partial charge in [0.05, 0.1) is 23.4 Å². The van der Waals surface area contributed by atoms with E-state index >= 15 is 0 Å². The number of hydrogen-bond donors (Lipinski definition) is 2. The SMILES string of the molecule is CS(=O)(=O)CCCOc1cccc2[nH]cc(-c3ccnc(NC4CCC(C(=O)[O-])CC4)n3)c12.[Na+]. The van der Waals surface area contributed by atoms with Crippen molar-refractivity contribution in [3.05, 3.63) is 36.7 Å². The van der Waals surface area contributed by atoms with Crippen LogP contribution in [-0.2, 0) is 14.6 Å². The first-order chi connectivity index (χ1) is 15.8.